The van der Waals surface area contributed by atoms with Gasteiger partial charge in [0.25, 0.3) is 0 Å². The van der Waals surface area contributed by atoms with Gasteiger partial charge in [-0.1, -0.05) is 38.1 Å². The molecule has 112 valence electrons. The van der Waals surface area contributed by atoms with E-state index in [1.165, 1.54) is 12.1 Å². The number of phenolic OH excluding ortho intramolecular Hbond substituents is 4. The first-order valence-corrected chi connectivity index (χ1v) is 6.84. The largest absolute Gasteiger partial charge is 0.504 e. The molecule has 2 aromatic carbocycles. The Morgan fingerprint density at radius 2 is 1.38 bits per heavy atom. The number of hydrogen-bond acceptors (Lipinski definition) is 4. The van der Waals surface area contributed by atoms with Crippen molar-refractivity contribution in [1.29, 1.82) is 0 Å². The Morgan fingerprint density at radius 1 is 0.810 bits per heavy atom. The highest BCUT2D eigenvalue weighted by Crippen LogP contribution is 2.40. The van der Waals surface area contributed by atoms with E-state index in [1.54, 1.807) is 24.3 Å². The molecule has 2 aromatic rings. The lowest BCUT2D eigenvalue weighted by Gasteiger charge is -2.26. The second-order valence-electron chi connectivity index (χ2n) is 5.84. The van der Waals surface area contributed by atoms with E-state index in [-0.39, 0.29) is 28.4 Å². The molecule has 0 spiro atoms. The summed E-state index contributed by atoms with van der Waals surface area (Å²) in [6.07, 6.45) is 1.18. The van der Waals surface area contributed by atoms with Gasteiger partial charge in [-0.2, -0.15) is 0 Å². The van der Waals surface area contributed by atoms with Gasteiger partial charge in [-0.3, -0.25) is 0 Å². The maximum Gasteiger partial charge on any atom is 0.161 e. The standard InChI is InChI=1S/C17H20O4/c1-17(2,12-6-4-8-14(19)16(12)21)10-9-11-5-3-7-13(18)15(11)20/h3-8,18-21H,9-10H2,1-2H3. The molecule has 4 heteroatoms. The third-order valence-electron chi connectivity index (χ3n) is 3.86. The topological polar surface area (TPSA) is 80.9 Å². The summed E-state index contributed by atoms with van der Waals surface area (Å²) < 4.78 is 0. The highest BCUT2D eigenvalue weighted by atomic mass is 16.3. The zero-order valence-electron chi connectivity index (χ0n) is 12.2. The molecule has 0 amide bonds. The van der Waals surface area contributed by atoms with Crippen molar-refractivity contribution in [3.8, 4) is 23.0 Å². The number of aryl methyl sites for hydroxylation is 1. The first kappa shape index (κ1) is 15.0. The van der Waals surface area contributed by atoms with Gasteiger partial charge in [-0.25, -0.2) is 0 Å². The molecule has 0 aliphatic heterocycles. The van der Waals surface area contributed by atoms with Crippen LogP contribution in [0.25, 0.3) is 0 Å². The lowest BCUT2D eigenvalue weighted by molar-refractivity contribution is 0.375. The molecule has 4 N–H and O–H groups in total. The third-order valence-corrected chi connectivity index (χ3v) is 3.86. The summed E-state index contributed by atoms with van der Waals surface area (Å²) >= 11 is 0. The summed E-state index contributed by atoms with van der Waals surface area (Å²) in [5, 5.41) is 38.9. The van der Waals surface area contributed by atoms with E-state index in [0.29, 0.717) is 24.0 Å². The van der Waals surface area contributed by atoms with Crippen LogP contribution >= 0.6 is 0 Å². The Balaban J connectivity index is 2.22. The van der Waals surface area contributed by atoms with Gasteiger partial charge in [-0.15, -0.1) is 0 Å². The van der Waals surface area contributed by atoms with Crippen LogP contribution in [0.15, 0.2) is 36.4 Å². The number of para-hydroxylation sites is 2. The number of benzene rings is 2. The predicted octanol–water partition coefficient (Wildman–Crippen LogP) is 3.42. The van der Waals surface area contributed by atoms with Crippen LogP contribution < -0.4 is 0 Å². The Bertz CT molecular complexity index is 647. The van der Waals surface area contributed by atoms with E-state index in [0.717, 1.165) is 0 Å². The molecular formula is C17H20O4. The molecule has 2 rings (SSSR count). The van der Waals surface area contributed by atoms with Crippen LogP contribution in [-0.4, -0.2) is 20.4 Å². The summed E-state index contributed by atoms with van der Waals surface area (Å²) in [6, 6.07) is 9.78. The van der Waals surface area contributed by atoms with Crippen LogP contribution in [0.5, 0.6) is 23.0 Å². The van der Waals surface area contributed by atoms with Crippen LogP contribution in [0.2, 0.25) is 0 Å². The minimum Gasteiger partial charge on any atom is -0.504 e. The van der Waals surface area contributed by atoms with Crippen LogP contribution in [0.1, 0.15) is 31.4 Å². The third kappa shape index (κ3) is 3.05. The fraction of sp³-hybridized carbons (Fsp3) is 0.294. The van der Waals surface area contributed by atoms with Gasteiger partial charge in [-0.05, 0) is 36.0 Å². The normalized spacial score (nSPS) is 11.5. The molecule has 0 unspecified atom stereocenters. The molecule has 0 bridgehead atoms. The van der Waals surface area contributed by atoms with Crippen LogP contribution in [0.4, 0.5) is 0 Å². The fourth-order valence-corrected chi connectivity index (χ4v) is 2.44. The molecule has 4 nitrogen and oxygen atoms in total. The maximum atomic E-state index is 9.99. The van der Waals surface area contributed by atoms with Gasteiger partial charge in [0.1, 0.15) is 0 Å². The Hall–Kier alpha value is -2.36. The van der Waals surface area contributed by atoms with Gasteiger partial charge in [0.15, 0.2) is 23.0 Å². The number of hydrogen-bond donors (Lipinski definition) is 4. The molecule has 0 saturated carbocycles. The molecule has 0 saturated heterocycles. The number of phenols is 4. The van der Waals surface area contributed by atoms with Crippen molar-refractivity contribution >= 4 is 0 Å². The molecule has 0 heterocycles. The molecule has 0 radical (unpaired) electrons. The second-order valence-corrected chi connectivity index (χ2v) is 5.84. The van der Waals surface area contributed by atoms with Crippen LogP contribution in [0, 0.1) is 0 Å². The number of aromatic hydroxyl groups is 4. The van der Waals surface area contributed by atoms with E-state index in [2.05, 4.69) is 0 Å². The molecule has 0 fully saturated rings. The van der Waals surface area contributed by atoms with Gasteiger partial charge < -0.3 is 20.4 Å². The summed E-state index contributed by atoms with van der Waals surface area (Å²) in [7, 11) is 0. The monoisotopic (exact) mass is 288 g/mol. The van der Waals surface area contributed by atoms with Crippen molar-refractivity contribution in [3.05, 3.63) is 47.5 Å². The second kappa shape index (κ2) is 5.56. The maximum absolute atomic E-state index is 9.99. The minimum absolute atomic E-state index is 0.103. The Kier molecular flexibility index (Phi) is 3.98. The van der Waals surface area contributed by atoms with E-state index in [1.807, 2.05) is 13.8 Å². The van der Waals surface area contributed by atoms with Gasteiger partial charge in [0.2, 0.25) is 0 Å². The molecule has 21 heavy (non-hydrogen) atoms. The Labute approximate surface area is 123 Å². The van der Waals surface area contributed by atoms with Crippen molar-refractivity contribution in [1.82, 2.24) is 0 Å². The lowest BCUT2D eigenvalue weighted by Crippen LogP contribution is -2.18. The highest BCUT2D eigenvalue weighted by Gasteiger charge is 2.25. The van der Waals surface area contributed by atoms with E-state index < -0.39 is 0 Å². The van der Waals surface area contributed by atoms with Crippen molar-refractivity contribution in [2.45, 2.75) is 32.1 Å². The van der Waals surface area contributed by atoms with Crippen LogP contribution in [-0.2, 0) is 11.8 Å². The van der Waals surface area contributed by atoms with Crippen molar-refractivity contribution in [3.63, 3.8) is 0 Å². The van der Waals surface area contributed by atoms with Crippen molar-refractivity contribution < 1.29 is 20.4 Å². The van der Waals surface area contributed by atoms with Gasteiger partial charge in [0, 0.05) is 5.56 Å². The molecule has 0 aromatic heterocycles. The predicted molar refractivity (Wildman–Crippen MR) is 80.9 cm³/mol. The zero-order chi connectivity index (χ0) is 15.6. The summed E-state index contributed by atoms with van der Waals surface area (Å²) in [5.41, 5.74) is 0.922. The van der Waals surface area contributed by atoms with Crippen molar-refractivity contribution in [2.24, 2.45) is 0 Å². The van der Waals surface area contributed by atoms with Gasteiger partial charge in [0.05, 0.1) is 0 Å². The van der Waals surface area contributed by atoms with Crippen LogP contribution in [0.3, 0.4) is 0 Å². The molecule has 0 aliphatic rings. The Morgan fingerprint density at radius 3 is 2.05 bits per heavy atom. The first-order chi connectivity index (χ1) is 9.83. The average molecular weight is 288 g/mol. The minimum atomic E-state index is -0.388. The average Bonchev–Trinajstić information content (AvgIpc) is 2.43. The summed E-state index contributed by atoms with van der Waals surface area (Å²) in [6.45, 7) is 3.92. The van der Waals surface area contributed by atoms with Gasteiger partial charge >= 0.3 is 0 Å². The fourth-order valence-electron chi connectivity index (χ4n) is 2.44. The van der Waals surface area contributed by atoms with E-state index >= 15 is 0 Å². The quantitative estimate of drug-likeness (QED) is 0.650. The first-order valence-electron chi connectivity index (χ1n) is 6.84. The lowest BCUT2D eigenvalue weighted by atomic mass is 9.79. The summed E-state index contributed by atoms with van der Waals surface area (Å²) in [5.74, 6) is -0.484. The van der Waals surface area contributed by atoms with Crippen molar-refractivity contribution in [2.75, 3.05) is 0 Å². The van der Waals surface area contributed by atoms with E-state index in [4.69, 9.17) is 0 Å². The molecule has 0 aliphatic carbocycles. The SMILES string of the molecule is CC(C)(CCc1cccc(O)c1O)c1cccc(O)c1O. The smallest absolute Gasteiger partial charge is 0.161 e. The molecule has 0 atom stereocenters. The molecular weight excluding hydrogens is 268 g/mol. The zero-order valence-corrected chi connectivity index (χ0v) is 12.2. The summed E-state index contributed by atoms with van der Waals surface area (Å²) in [4.78, 5) is 0. The van der Waals surface area contributed by atoms with E-state index in [9.17, 15) is 20.4 Å². The number of rotatable bonds is 4. The highest BCUT2D eigenvalue weighted by molar-refractivity contribution is 5.48.